The summed E-state index contributed by atoms with van der Waals surface area (Å²) < 4.78 is 0. The highest BCUT2D eigenvalue weighted by Crippen LogP contribution is 2.23. The molecule has 2 unspecified atom stereocenters. The van der Waals surface area contributed by atoms with Gasteiger partial charge in [-0.15, -0.1) is 10.2 Å². The highest BCUT2D eigenvalue weighted by Gasteiger charge is 2.30. The fourth-order valence-corrected chi connectivity index (χ4v) is 3.13. The lowest BCUT2D eigenvalue weighted by Crippen LogP contribution is -2.36. The van der Waals surface area contributed by atoms with Gasteiger partial charge in [0.2, 0.25) is 5.95 Å². The summed E-state index contributed by atoms with van der Waals surface area (Å²) in [6.07, 6.45) is 3.75. The van der Waals surface area contributed by atoms with Gasteiger partial charge in [0.25, 0.3) is 0 Å². The van der Waals surface area contributed by atoms with E-state index in [1.807, 2.05) is 24.3 Å². The van der Waals surface area contributed by atoms with E-state index in [1.54, 1.807) is 0 Å². The minimum Gasteiger partial charge on any atom is -0.338 e. The van der Waals surface area contributed by atoms with Crippen LogP contribution in [0.1, 0.15) is 19.3 Å². The minimum atomic E-state index is 0.586. The van der Waals surface area contributed by atoms with Crippen LogP contribution >= 0.6 is 0 Å². The number of fused-ring (bicyclic) bond motifs is 3. The van der Waals surface area contributed by atoms with Crippen molar-refractivity contribution >= 4 is 17.0 Å². The molecule has 5 nitrogen and oxygen atoms in total. The molecule has 2 aliphatic heterocycles. The summed E-state index contributed by atoms with van der Waals surface area (Å²) in [7, 11) is 0. The molecule has 2 fully saturated rings. The number of benzene rings is 1. The molecule has 2 aromatic rings. The lowest BCUT2D eigenvalue weighted by atomic mass is 10.1. The van der Waals surface area contributed by atoms with Crippen LogP contribution in [-0.4, -0.2) is 40.4 Å². The molecule has 2 atom stereocenters. The molecule has 4 rings (SSSR count). The molecule has 0 saturated carbocycles. The Balaban J connectivity index is 1.66. The fourth-order valence-electron chi connectivity index (χ4n) is 3.13. The Labute approximate surface area is 112 Å². The number of nitrogens with one attached hydrogen (secondary N) is 1. The zero-order valence-corrected chi connectivity index (χ0v) is 10.8. The van der Waals surface area contributed by atoms with Crippen LogP contribution in [0.5, 0.6) is 0 Å². The molecule has 2 bridgehead atoms. The Hall–Kier alpha value is -1.75. The first-order valence-corrected chi connectivity index (χ1v) is 6.99. The van der Waals surface area contributed by atoms with Gasteiger partial charge in [-0.3, -0.25) is 0 Å². The summed E-state index contributed by atoms with van der Waals surface area (Å²) in [4.78, 5) is 6.92. The highest BCUT2D eigenvalue weighted by atomic mass is 15.3. The van der Waals surface area contributed by atoms with Gasteiger partial charge in [-0.1, -0.05) is 12.1 Å². The van der Waals surface area contributed by atoms with Crippen molar-refractivity contribution in [1.82, 2.24) is 20.5 Å². The van der Waals surface area contributed by atoms with E-state index in [-0.39, 0.29) is 0 Å². The van der Waals surface area contributed by atoms with Crippen LogP contribution in [0.2, 0.25) is 0 Å². The van der Waals surface area contributed by atoms with Gasteiger partial charge in [-0.2, -0.15) is 0 Å². The average Bonchev–Trinajstić information content (AvgIpc) is 2.78. The first kappa shape index (κ1) is 11.1. The molecular formula is C14H17N5. The normalized spacial score (nSPS) is 26.6. The summed E-state index contributed by atoms with van der Waals surface area (Å²) >= 11 is 0. The second-order valence-corrected chi connectivity index (χ2v) is 5.47. The van der Waals surface area contributed by atoms with E-state index < -0.39 is 0 Å². The second kappa shape index (κ2) is 4.42. The van der Waals surface area contributed by atoms with E-state index in [1.165, 1.54) is 19.3 Å². The molecule has 19 heavy (non-hydrogen) atoms. The van der Waals surface area contributed by atoms with Crippen molar-refractivity contribution < 1.29 is 0 Å². The first-order valence-electron chi connectivity index (χ1n) is 6.99. The quantitative estimate of drug-likeness (QED) is 0.833. The van der Waals surface area contributed by atoms with Crippen LogP contribution in [0.25, 0.3) is 11.0 Å². The molecule has 0 radical (unpaired) electrons. The van der Waals surface area contributed by atoms with E-state index in [4.69, 9.17) is 0 Å². The number of aromatic nitrogens is 3. The Morgan fingerprint density at radius 1 is 1.00 bits per heavy atom. The maximum absolute atomic E-state index is 4.65. The summed E-state index contributed by atoms with van der Waals surface area (Å²) in [6.45, 7) is 2.02. The number of para-hydroxylation sites is 1. The zero-order valence-electron chi connectivity index (χ0n) is 10.8. The Bertz CT molecular complexity index is 599. The van der Waals surface area contributed by atoms with Gasteiger partial charge < -0.3 is 10.2 Å². The average molecular weight is 255 g/mol. The fraction of sp³-hybridized carbons (Fsp3) is 0.500. The van der Waals surface area contributed by atoms with Gasteiger partial charge in [0.05, 0.1) is 5.52 Å². The largest absolute Gasteiger partial charge is 0.338 e. The molecule has 0 amide bonds. The Morgan fingerprint density at radius 3 is 2.79 bits per heavy atom. The Kier molecular flexibility index (Phi) is 2.58. The number of hydrogen-bond acceptors (Lipinski definition) is 5. The molecule has 0 aliphatic carbocycles. The van der Waals surface area contributed by atoms with Crippen molar-refractivity contribution in [2.75, 3.05) is 18.0 Å². The highest BCUT2D eigenvalue weighted by molar-refractivity contribution is 5.74. The van der Waals surface area contributed by atoms with Crippen molar-refractivity contribution in [3.05, 3.63) is 24.3 Å². The van der Waals surface area contributed by atoms with Crippen molar-refractivity contribution in [2.45, 2.75) is 31.3 Å². The van der Waals surface area contributed by atoms with Gasteiger partial charge in [-0.25, -0.2) is 4.98 Å². The molecule has 1 aromatic heterocycles. The predicted molar refractivity (Wildman–Crippen MR) is 74.1 cm³/mol. The molecule has 2 aliphatic rings. The SMILES string of the molecule is c1ccc2nc(N3CCC4CCC(C3)N4)nnc2c1. The molecule has 5 heteroatoms. The molecule has 1 aromatic carbocycles. The van der Waals surface area contributed by atoms with Gasteiger partial charge in [-0.05, 0) is 31.4 Å². The smallest absolute Gasteiger partial charge is 0.245 e. The first-order chi connectivity index (χ1) is 9.38. The van der Waals surface area contributed by atoms with Crippen molar-refractivity contribution in [1.29, 1.82) is 0 Å². The summed E-state index contributed by atoms with van der Waals surface area (Å²) in [5, 5.41) is 12.2. The maximum atomic E-state index is 4.65. The van der Waals surface area contributed by atoms with E-state index in [2.05, 4.69) is 25.4 Å². The van der Waals surface area contributed by atoms with Crippen LogP contribution in [0.15, 0.2) is 24.3 Å². The number of rotatable bonds is 1. The number of nitrogens with zero attached hydrogens (tertiary/aromatic N) is 4. The zero-order chi connectivity index (χ0) is 12.7. The van der Waals surface area contributed by atoms with E-state index in [0.717, 1.165) is 30.1 Å². The topological polar surface area (TPSA) is 53.9 Å². The number of hydrogen-bond donors (Lipinski definition) is 1. The molecule has 1 N–H and O–H groups in total. The lowest BCUT2D eigenvalue weighted by Gasteiger charge is -2.23. The van der Waals surface area contributed by atoms with E-state index in [9.17, 15) is 0 Å². The third kappa shape index (κ3) is 2.04. The molecule has 98 valence electrons. The maximum Gasteiger partial charge on any atom is 0.245 e. The molecular weight excluding hydrogens is 238 g/mol. The Morgan fingerprint density at radius 2 is 1.84 bits per heavy atom. The van der Waals surface area contributed by atoms with Gasteiger partial charge in [0, 0.05) is 25.2 Å². The molecule has 3 heterocycles. The van der Waals surface area contributed by atoms with Gasteiger partial charge in [0.15, 0.2) is 0 Å². The van der Waals surface area contributed by atoms with Crippen molar-refractivity contribution in [2.24, 2.45) is 0 Å². The third-order valence-electron chi connectivity index (χ3n) is 4.16. The standard InChI is InChI=1S/C14H17N5/c1-2-4-13-12(3-1)16-14(18-17-13)19-8-7-10-5-6-11(9-19)15-10/h1-4,10-11,15H,5-9H2. The van der Waals surface area contributed by atoms with Crippen LogP contribution in [-0.2, 0) is 0 Å². The summed E-state index contributed by atoms with van der Waals surface area (Å²) in [5.41, 5.74) is 1.79. The van der Waals surface area contributed by atoms with Crippen LogP contribution in [0.4, 0.5) is 5.95 Å². The molecule has 2 saturated heterocycles. The van der Waals surface area contributed by atoms with Crippen LogP contribution in [0, 0.1) is 0 Å². The van der Waals surface area contributed by atoms with Gasteiger partial charge in [0.1, 0.15) is 5.52 Å². The number of anilines is 1. The van der Waals surface area contributed by atoms with E-state index in [0.29, 0.717) is 12.1 Å². The summed E-state index contributed by atoms with van der Waals surface area (Å²) in [6, 6.07) is 9.17. The molecule has 0 spiro atoms. The monoisotopic (exact) mass is 255 g/mol. The van der Waals surface area contributed by atoms with Gasteiger partial charge >= 0.3 is 0 Å². The van der Waals surface area contributed by atoms with Crippen molar-refractivity contribution in [3.63, 3.8) is 0 Å². The second-order valence-electron chi connectivity index (χ2n) is 5.47. The predicted octanol–water partition coefficient (Wildman–Crippen LogP) is 1.36. The third-order valence-corrected chi connectivity index (χ3v) is 4.16. The van der Waals surface area contributed by atoms with E-state index >= 15 is 0 Å². The van der Waals surface area contributed by atoms with Crippen LogP contribution < -0.4 is 10.2 Å². The summed E-state index contributed by atoms with van der Waals surface area (Å²) in [5.74, 6) is 0.771. The lowest BCUT2D eigenvalue weighted by molar-refractivity contribution is 0.563. The van der Waals surface area contributed by atoms with Crippen LogP contribution in [0.3, 0.4) is 0 Å². The van der Waals surface area contributed by atoms with Crippen molar-refractivity contribution in [3.8, 4) is 0 Å². The minimum absolute atomic E-state index is 0.586.